The van der Waals surface area contributed by atoms with Crippen molar-refractivity contribution in [3.8, 4) is 0 Å². The van der Waals surface area contributed by atoms with Crippen molar-refractivity contribution in [3.63, 3.8) is 0 Å². The summed E-state index contributed by atoms with van der Waals surface area (Å²) in [7, 11) is 0. The standard InChI is InChI=1S/C12H12N2O/c15-12-11(8-13-9-14-12)7-6-10-4-2-1-3-5-10/h1-5,8-9H,6-7H2,(H,13,14,15). The minimum absolute atomic E-state index is 0.0408. The Balaban J connectivity index is 2.06. The van der Waals surface area contributed by atoms with Crippen LogP contribution in [0.5, 0.6) is 0 Å². The first kappa shape index (κ1) is 9.65. The molecule has 2 aromatic rings. The molecule has 0 unspecified atom stereocenters. The molecule has 0 saturated carbocycles. The van der Waals surface area contributed by atoms with Gasteiger partial charge in [-0.05, 0) is 18.4 Å². The van der Waals surface area contributed by atoms with E-state index in [-0.39, 0.29) is 5.56 Å². The molecule has 0 saturated heterocycles. The number of nitrogens with zero attached hydrogens (tertiary/aromatic N) is 1. The van der Waals surface area contributed by atoms with Gasteiger partial charge in [0, 0.05) is 11.8 Å². The van der Waals surface area contributed by atoms with Gasteiger partial charge in [-0.3, -0.25) is 4.79 Å². The molecule has 0 radical (unpaired) electrons. The highest BCUT2D eigenvalue weighted by atomic mass is 16.1. The Hall–Kier alpha value is -1.90. The van der Waals surface area contributed by atoms with E-state index in [0.717, 1.165) is 18.4 Å². The molecule has 0 atom stereocenters. The van der Waals surface area contributed by atoms with Gasteiger partial charge >= 0.3 is 0 Å². The van der Waals surface area contributed by atoms with E-state index in [1.807, 2.05) is 18.2 Å². The summed E-state index contributed by atoms with van der Waals surface area (Å²) in [5.41, 5.74) is 1.93. The number of hydrogen-bond donors (Lipinski definition) is 1. The van der Waals surface area contributed by atoms with Crippen molar-refractivity contribution < 1.29 is 0 Å². The zero-order chi connectivity index (χ0) is 10.5. The summed E-state index contributed by atoms with van der Waals surface area (Å²) in [5, 5.41) is 0. The van der Waals surface area contributed by atoms with Gasteiger partial charge in [0.15, 0.2) is 0 Å². The van der Waals surface area contributed by atoms with Crippen molar-refractivity contribution >= 4 is 0 Å². The van der Waals surface area contributed by atoms with Crippen molar-refractivity contribution in [2.75, 3.05) is 0 Å². The van der Waals surface area contributed by atoms with Gasteiger partial charge in [0.05, 0.1) is 6.33 Å². The van der Waals surface area contributed by atoms with Gasteiger partial charge in [-0.2, -0.15) is 0 Å². The molecular formula is C12H12N2O. The molecule has 1 heterocycles. The van der Waals surface area contributed by atoms with E-state index >= 15 is 0 Å². The average Bonchev–Trinajstić information content (AvgIpc) is 2.29. The van der Waals surface area contributed by atoms with Crippen molar-refractivity contribution in [1.29, 1.82) is 0 Å². The monoisotopic (exact) mass is 200 g/mol. The van der Waals surface area contributed by atoms with Gasteiger partial charge < -0.3 is 4.98 Å². The van der Waals surface area contributed by atoms with Crippen LogP contribution in [0.15, 0.2) is 47.7 Å². The fourth-order valence-electron chi connectivity index (χ4n) is 1.48. The molecule has 0 fully saturated rings. The normalized spacial score (nSPS) is 10.1. The molecule has 2 rings (SSSR count). The highest BCUT2D eigenvalue weighted by Gasteiger charge is 1.99. The molecular weight excluding hydrogens is 188 g/mol. The molecule has 3 heteroatoms. The van der Waals surface area contributed by atoms with Crippen LogP contribution in [0.25, 0.3) is 0 Å². The number of aryl methyl sites for hydroxylation is 2. The summed E-state index contributed by atoms with van der Waals surface area (Å²) in [6, 6.07) is 10.1. The maximum atomic E-state index is 11.3. The lowest BCUT2D eigenvalue weighted by Gasteiger charge is -1.99. The Kier molecular flexibility index (Phi) is 2.93. The Morgan fingerprint density at radius 1 is 1.13 bits per heavy atom. The molecule has 76 valence electrons. The zero-order valence-electron chi connectivity index (χ0n) is 8.31. The summed E-state index contributed by atoms with van der Waals surface area (Å²) < 4.78 is 0. The Morgan fingerprint density at radius 3 is 2.67 bits per heavy atom. The van der Waals surface area contributed by atoms with Crippen LogP contribution in [0.4, 0.5) is 0 Å². The molecule has 0 bridgehead atoms. The molecule has 1 aromatic heterocycles. The second-order valence-corrected chi connectivity index (χ2v) is 3.39. The van der Waals surface area contributed by atoms with Crippen LogP contribution in [0.3, 0.4) is 0 Å². The van der Waals surface area contributed by atoms with E-state index in [1.54, 1.807) is 6.20 Å². The van der Waals surface area contributed by atoms with Crippen LogP contribution >= 0.6 is 0 Å². The molecule has 1 aromatic carbocycles. The topological polar surface area (TPSA) is 45.8 Å². The number of aromatic amines is 1. The smallest absolute Gasteiger partial charge is 0.253 e. The third-order valence-electron chi connectivity index (χ3n) is 2.32. The number of benzene rings is 1. The minimum atomic E-state index is -0.0408. The minimum Gasteiger partial charge on any atom is -0.313 e. The number of aromatic nitrogens is 2. The van der Waals surface area contributed by atoms with Crippen LogP contribution in [0, 0.1) is 0 Å². The van der Waals surface area contributed by atoms with Gasteiger partial charge in [-0.15, -0.1) is 0 Å². The van der Waals surface area contributed by atoms with E-state index in [2.05, 4.69) is 22.1 Å². The van der Waals surface area contributed by atoms with E-state index in [0.29, 0.717) is 0 Å². The molecule has 0 aliphatic rings. The van der Waals surface area contributed by atoms with Crippen molar-refractivity contribution in [2.24, 2.45) is 0 Å². The lowest BCUT2D eigenvalue weighted by Crippen LogP contribution is -2.12. The summed E-state index contributed by atoms with van der Waals surface area (Å²) in [5.74, 6) is 0. The Labute approximate surface area is 87.8 Å². The van der Waals surface area contributed by atoms with Crippen molar-refractivity contribution in [3.05, 3.63) is 64.3 Å². The molecule has 0 spiro atoms. The van der Waals surface area contributed by atoms with Crippen LogP contribution in [0.2, 0.25) is 0 Å². The second-order valence-electron chi connectivity index (χ2n) is 3.39. The third-order valence-corrected chi connectivity index (χ3v) is 2.32. The van der Waals surface area contributed by atoms with Gasteiger partial charge in [0.25, 0.3) is 5.56 Å². The number of rotatable bonds is 3. The highest BCUT2D eigenvalue weighted by molar-refractivity contribution is 5.16. The number of nitrogens with one attached hydrogen (secondary N) is 1. The fourth-order valence-corrected chi connectivity index (χ4v) is 1.48. The van der Waals surface area contributed by atoms with Crippen LogP contribution < -0.4 is 5.56 Å². The molecule has 0 amide bonds. The maximum Gasteiger partial charge on any atom is 0.253 e. The maximum absolute atomic E-state index is 11.3. The number of H-pyrrole nitrogens is 1. The third kappa shape index (κ3) is 2.53. The zero-order valence-corrected chi connectivity index (χ0v) is 8.31. The lowest BCUT2D eigenvalue weighted by atomic mass is 10.1. The first-order valence-electron chi connectivity index (χ1n) is 4.92. The summed E-state index contributed by atoms with van der Waals surface area (Å²) in [6.07, 6.45) is 4.64. The van der Waals surface area contributed by atoms with E-state index in [9.17, 15) is 4.79 Å². The Morgan fingerprint density at radius 2 is 1.93 bits per heavy atom. The molecule has 0 aliphatic heterocycles. The SMILES string of the molecule is O=c1[nH]cncc1CCc1ccccc1. The predicted molar refractivity (Wildman–Crippen MR) is 58.7 cm³/mol. The van der Waals surface area contributed by atoms with Crippen LogP contribution in [-0.2, 0) is 12.8 Å². The summed E-state index contributed by atoms with van der Waals surface area (Å²) >= 11 is 0. The van der Waals surface area contributed by atoms with Crippen molar-refractivity contribution in [2.45, 2.75) is 12.8 Å². The van der Waals surface area contributed by atoms with Gasteiger partial charge in [0.2, 0.25) is 0 Å². The quantitative estimate of drug-likeness (QED) is 0.817. The molecule has 1 N–H and O–H groups in total. The Bertz CT molecular complexity index is 476. The fraction of sp³-hybridized carbons (Fsp3) is 0.167. The largest absolute Gasteiger partial charge is 0.313 e. The number of hydrogen-bond acceptors (Lipinski definition) is 2. The second kappa shape index (κ2) is 4.55. The van der Waals surface area contributed by atoms with E-state index in [1.165, 1.54) is 11.9 Å². The first-order valence-corrected chi connectivity index (χ1v) is 4.92. The summed E-state index contributed by atoms with van der Waals surface area (Å²) in [4.78, 5) is 17.8. The predicted octanol–water partition coefficient (Wildman–Crippen LogP) is 1.56. The van der Waals surface area contributed by atoms with Crippen LogP contribution in [-0.4, -0.2) is 9.97 Å². The van der Waals surface area contributed by atoms with E-state index in [4.69, 9.17) is 0 Å². The van der Waals surface area contributed by atoms with Gasteiger partial charge in [0.1, 0.15) is 0 Å². The highest BCUT2D eigenvalue weighted by Crippen LogP contribution is 2.02. The first-order chi connectivity index (χ1) is 7.36. The average molecular weight is 200 g/mol. The van der Waals surface area contributed by atoms with Gasteiger partial charge in [-0.25, -0.2) is 4.98 Å². The lowest BCUT2D eigenvalue weighted by molar-refractivity contribution is 0.913. The molecule has 3 nitrogen and oxygen atoms in total. The summed E-state index contributed by atoms with van der Waals surface area (Å²) in [6.45, 7) is 0. The molecule has 0 aliphatic carbocycles. The van der Waals surface area contributed by atoms with Gasteiger partial charge in [-0.1, -0.05) is 30.3 Å². The molecule has 15 heavy (non-hydrogen) atoms. The van der Waals surface area contributed by atoms with E-state index < -0.39 is 0 Å². The van der Waals surface area contributed by atoms with Crippen molar-refractivity contribution in [1.82, 2.24) is 9.97 Å². The van der Waals surface area contributed by atoms with Crippen LogP contribution in [0.1, 0.15) is 11.1 Å².